The first-order chi connectivity index (χ1) is 8.01. The maximum atomic E-state index is 13.8. The standard InChI is InChI=1S/C12H17FN2O2/c1-4-10(8(2)14-3)11-6-5-9(15(16)17)7-12(11)13/h5-8,10,14H,4H2,1-3H3. The summed E-state index contributed by atoms with van der Waals surface area (Å²) >= 11 is 0. The lowest BCUT2D eigenvalue weighted by atomic mass is 9.89. The average molecular weight is 240 g/mol. The first kappa shape index (κ1) is 13.6. The Morgan fingerprint density at radius 3 is 2.59 bits per heavy atom. The van der Waals surface area contributed by atoms with E-state index >= 15 is 0 Å². The summed E-state index contributed by atoms with van der Waals surface area (Å²) in [7, 11) is 1.82. The Balaban J connectivity index is 3.09. The van der Waals surface area contributed by atoms with E-state index in [1.807, 2.05) is 20.9 Å². The van der Waals surface area contributed by atoms with Crippen molar-refractivity contribution >= 4 is 5.69 Å². The van der Waals surface area contributed by atoms with E-state index in [9.17, 15) is 14.5 Å². The molecule has 0 aliphatic carbocycles. The summed E-state index contributed by atoms with van der Waals surface area (Å²) < 4.78 is 13.8. The van der Waals surface area contributed by atoms with Crippen molar-refractivity contribution in [2.45, 2.75) is 32.2 Å². The molecule has 1 aromatic carbocycles. The van der Waals surface area contributed by atoms with Crippen molar-refractivity contribution in [2.75, 3.05) is 7.05 Å². The fraction of sp³-hybridized carbons (Fsp3) is 0.500. The number of nitrogens with zero attached hydrogens (tertiary/aromatic N) is 1. The molecule has 0 heterocycles. The van der Waals surface area contributed by atoms with Crippen LogP contribution in [-0.2, 0) is 0 Å². The second-order valence-electron chi connectivity index (χ2n) is 4.06. The number of hydrogen-bond donors (Lipinski definition) is 1. The number of nitro benzene ring substituents is 1. The maximum absolute atomic E-state index is 13.8. The summed E-state index contributed by atoms with van der Waals surface area (Å²) in [5.41, 5.74) is 0.318. The van der Waals surface area contributed by atoms with Gasteiger partial charge < -0.3 is 5.32 Å². The molecule has 0 saturated carbocycles. The minimum Gasteiger partial charge on any atom is -0.317 e. The van der Waals surface area contributed by atoms with Crippen LogP contribution in [0.25, 0.3) is 0 Å². The van der Waals surface area contributed by atoms with Gasteiger partial charge >= 0.3 is 0 Å². The highest BCUT2D eigenvalue weighted by Gasteiger charge is 2.21. The molecule has 17 heavy (non-hydrogen) atoms. The van der Waals surface area contributed by atoms with E-state index in [0.717, 1.165) is 12.5 Å². The van der Waals surface area contributed by atoms with Gasteiger partial charge in [0.25, 0.3) is 5.69 Å². The third-order valence-corrected chi connectivity index (χ3v) is 3.09. The maximum Gasteiger partial charge on any atom is 0.272 e. The normalized spacial score (nSPS) is 14.4. The van der Waals surface area contributed by atoms with Crippen molar-refractivity contribution in [1.82, 2.24) is 5.32 Å². The first-order valence-corrected chi connectivity index (χ1v) is 5.62. The fourth-order valence-corrected chi connectivity index (χ4v) is 1.97. The van der Waals surface area contributed by atoms with Gasteiger partial charge in [0.1, 0.15) is 5.82 Å². The summed E-state index contributed by atoms with van der Waals surface area (Å²) in [5, 5.41) is 13.6. The number of nitrogens with one attached hydrogen (secondary N) is 1. The van der Waals surface area contributed by atoms with Gasteiger partial charge in [-0.15, -0.1) is 0 Å². The molecule has 2 atom stereocenters. The van der Waals surface area contributed by atoms with Crippen LogP contribution < -0.4 is 5.32 Å². The van der Waals surface area contributed by atoms with Crippen LogP contribution >= 0.6 is 0 Å². The number of rotatable bonds is 5. The molecule has 2 unspecified atom stereocenters. The van der Waals surface area contributed by atoms with Crippen molar-refractivity contribution in [3.05, 3.63) is 39.7 Å². The number of likely N-dealkylation sites (N-methyl/N-ethyl adjacent to an activating group) is 1. The van der Waals surface area contributed by atoms with Crippen LogP contribution in [0.3, 0.4) is 0 Å². The van der Waals surface area contributed by atoms with Crippen LogP contribution in [0.1, 0.15) is 31.7 Å². The van der Waals surface area contributed by atoms with Crippen LogP contribution in [0.5, 0.6) is 0 Å². The summed E-state index contributed by atoms with van der Waals surface area (Å²) in [6, 6.07) is 3.97. The Labute approximate surface area is 100.0 Å². The van der Waals surface area contributed by atoms with Gasteiger partial charge in [-0.25, -0.2) is 4.39 Å². The molecule has 1 aromatic rings. The highest BCUT2D eigenvalue weighted by Crippen LogP contribution is 2.28. The highest BCUT2D eigenvalue weighted by molar-refractivity contribution is 5.36. The molecular formula is C12H17FN2O2. The summed E-state index contributed by atoms with van der Waals surface area (Å²) in [6.45, 7) is 3.94. The Kier molecular flexibility index (Phi) is 4.57. The Hall–Kier alpha value is -1.49. The second-order valence-corrected chi connectivity index (χ2v) is 4.06. The van der Waals surface area contributed by atoms with Crippen molar-refractivity contribution in [3.63, 3.8) is 0 Å². The molecule has 0 saturated heterocycles. The van der Waals surface area contributed by atoms with Crippen LogP contribution in [0.4, 0.5) is 10.1 Å². The predicted octanol–water partition coefficient (Wildman–Crippen LogP) is 2.84. The molecule has 5 heteroatoms. The van der Waals surface area contributed by atoms with Crippen molar-refractivity contribution in [3.8, 4) is 0 Å². The third kappa shape index (κ3) is 3.00. The zero-order chi connectivity index (χ0) is 13.0. The van der Waals surface area contributed by atoms with E-state index in [-0.39, 0.29) is 17.6 Å². The van der Waals surface area contributed by atoms with E-state index in [4.69, 9.17) is 0 Å². The molecular weight excluding hydrogens is 223 g/mol. The zero-order valence-electron chi connectivity index (χ0n) is 10.2. The van der Waals surface area contributed by atoms with E-state index in [2.05, 4.69) is 5.32 Å². The Bertz CT molecular complexity index is 409. The molecule has 4 nitrogen and oxygen atoms in total. The van der Waals surface area contributed by atoms with Gasteiger partial charge in [0.2, 0.25) is 0 Å². The van der Waals surface area contributed by atoms with Gasteiger partial charge in [0.15, 0.2) is 0 Å². The fourth-order valence-electron chi connectivity index (χ4n) is 1.97. The number of nitro groups is 1. The summed E-state index contributed by atoms with van der Waals surface area (Å²) in [4.78, 5) is 9.93. The van der Waals surface area contributed by atoms with Crippen LogP contribution in [0.15, 0.2) is 18.2 Å². The molecule has 0 amide bonds. The summed E-state index contributed by atoms with van der Waals surface area (Å²) in [6.07, 6.45) is 0.775. The highest BCUT2D eigenvalue weighted by atomic mass is 19.1. The number of benzene rings is 1. The molecule has 94 valence electrons. The monoisotopic (exact) mass is 240 g/mol. The predicted molar refractivity (Wildman–Crippen MR) is 64.6 cm³/mol. The quantitative estimate of drug-likeness (QED) is 0.636. The minimum absolute atomic E-state index is 0.0146. The zero-order valence-corrected chi connectivity index (χ0v) is 10.2. The minimum atomic E-state index is -0.588. The van der Waals surface area contributed by atoms with E-state index in [0.29, 0.717) is 5.56 Å². The van der Waals surface area contributed by atoms with Crippen LogP contribution in [0.2, 0.25) is 0 Å². The molecule has 0 aliphatic rings. The van der Waals surface area contributed by atoms with Crippen molar-refractivity contribution < 1.29 is 9.31 Å². The molecule has 0 radical (unpaired) electrons. The van der Waals surface area contributed by atoms with Crippen molar-refractivity contribution in [1.29, 1.82) is 0 Å². The van der Waals surface area contributed by atoms with Crippen LogP contribution in [0, 0.1) is 15.9 Å². The second kappa shape index (κ2) is 5.72. The lowest BCUT2D eigenvalue weighted by Crippen LogP contribution is -2.29. The SMILES string of the molecule is CCC(c1ccc([N+](=O)[O-])cc1F)C(C)NC. The molecule has 1 N–H and O–H groups in total. The topological polar surface area (TPSA) is 55.2 Å². The van der Waals surface area contributed by atoms with Crippen LogP contribution in [-0.4, -0.2) is 18.0 Å². The molecule has 1 rings (SSSR count). The summed E-state index contributed by atoms with van der Waals surface area (Å²) in [5.74, 6) is -0.492. The van der Waals surface area contributed by atoms with Gasteiger partial charge in [-0.3, -0.25) is 10.1 Å². The molecule has 0 fully saturated rings. The average Bonchev–Trinajstić information content (AvgIpc) is 2.31. The van der Waals surface area contributed by atoms with E-state index in [1.165, 1.54) is 12.1 Å². The van der Waals surface area contributed by atoms with E-state index in [1.54, 1.807) is 0 Å². The molecule has 0 aliphatic heterocycles. The Morgan fingerprint density at radius 1 is 1.53 bits per heavy atom. The van der Waals surface area contributed by atoms with E-state index < -0.39 is 10.7 Å². The van der Waals surface area contributed by atoms with Gasteiger partial charge in [0.05, 0.1) is 11.0 Å². The first-order valence-electron chi connectivity index (χ1n) is 5.62. The number of non-ortho nitro benzene ring substituents is 1. The largest absolute Gasteiger partial charge is 0.317 e. The van der Waals surface area contributed by atoms with Gasteiger partial charge in [-0.1, -0.05) is 6.92 Å². The molecule has 0 spiro atoms. The lowest BCUT2D eigenvalue weighted by molar-refractivity contribution is -0.385. The Morgan fingerprint density at radius 2 is 2.18 bits per heavy atom. The number of hydrogen-bond acceptors (Lipinski definition) is 3. The smallest absolute Gasteiger partial charge is 0.272 e. The third-order valence-electron chi connectivity index (χ3n) is 3.09. The van der Waals surface area contributed by atoms with Gasteiger partial charge in [-0.05, 0) is 32.0 Å². The number of halogens is 1. The van der Waals surface area contributed by atoms with Crippen molar-refractivity contribution in [2.24, 2.45) is 0 Å². The lowest BCUT2D eigenvalue weighted by Gasteiger charge is -2.23. The van der Waals surface area contributed by atoms with Gasteiger partial charge in [0, 0.05) is 18.0 Å². The molecule has 0 bridgehead atoms. The molecule has 0 aromatic heterocycles. The van der Waals surface area contributed by atoms with Gasteiger partial charge in [-0.2, -0.15) is 0 Å².